The van der Waals surface area contributed by atoms with Crippen molar-refractivity contribution >= 4 is 29.1 Å². The summed E-state index contributed by atoms with van der Waals surface area (Å²) in [5.74, 6) is -1.22. The molecule has 3 saturated heterocycles. The van der Waals surface area contributed by atoms with Crippen molar-refractivity contribution in [3.05, 3.63) is 58.9 Å². The number of carbonyl (C=O) groups is 2. The van der Waals surface area contributed by atoms with E-state index in [1.165, 1.54) is 12.1 Å². The van der Waals surface area contributed by atoms with Crippen LogP contribution in [0.1, 0.15) is 18.0 Å². The van der Waals surface area contributed by atoms with Crippen molar-refractivity contribution in [1.82, 2.24) is 10.0 Å². The van der Waals surface area contributed by atoms with Gasteiger partial charge in [0.15, 0.2) is 0 Å². The Balaban J connectivity index is 1.60. The molecule has 0 bridgehead atoms. The maximum absolute atomic E-state index is 14.0. The molecule has 3 atom stereocenters. The number of benzene rings is 2. The SMILES string of the molecule is COc1ccccc1[C@H]1[C@@H]2C(=O)N(c3ccc(Cl)c(F)c3)C(=O)[C@H]2N2CCCN12. The van der Waals surface area contributed by atoms with Crippen molar-refractivity contribution in [3.8, 4) is 5.75 Å². The fourth-order valence-electron chi connectivity index (χ4n) is 4.88. The van der Waals surface area contributed by atoms with Crippen molar-refractivity contribution in [3.63, 3.8) is 0 Å². The highest BCUT2D eigenvalue weighted by Gasteiger charge is 2.63. The summed E-state index contributed by atoms with van der Waals surface area (Å²) in [6, 6.07) is 10.7. The van der Waals surface area contributed by atoms with Gasteiger partial charge >= 0.3 is 0 Å². The van der Waals surface area contributed by atoms with E-state index >= 15 is 0 Å². The first-order valence-corrected chi connectivity index (χ1v) is 9.89. The lowest BCUT2D eigenvalue weighted by Crippen LogP contribution is -2.44. The number of methoxy groups -OCH3 is 1. The smallest absolute Gasteiger partial charge is 0.253 e. The zero-order valence-corrected chi connectivity index (χ0v) is 16.5. The second-order valence-corrected chi connectivity index (χ2v) is 7.85. The number of carbonyl (C=O) groups excluding carboxylic acids is 2. The number of anilines is 1. The van der Waals surface area contributed by atoms with Gasteiger partial charge in [0.1, 0.15) is 17.6 Å². The third-order valence-electron chi connectivity index (χ3n) is 6.02. The molecular weight excluding hydrogens is 397 g/mol. The number of fused-ring (bicyclic) bond motifs is 3. The summed E-state index contributed by atoms with van der Waals surface area (Å²) in [6.45, 7) is 1.47. The molecule has 5 rings (SSSR count). The number of ether oxygens (including phenoxy) is 1. The number of rotatable bonds is 3. The molecule has 0 aliphatic carbocycles. The molecule has 3 fully saturated rings. The Labute approximate surface area is 172 Å². The number of imide groups is 1. The quantitative estimate of drug-likeness (QED) is 0.721. The van der Waals surface area contributed by atoms with E-state index in [2.05, 4.69) is 5.01 Å². The molecule has 3 aliphatic rings. The molecule has 29 heavy (non-hydrogen) atoms. The van der Waals surface area contributed by atoms with Gasteiger partial charge in [0.2, 0.25) is 5.91 Å². The van der Waals surface area contributed by atoms with Gasteiger partial charge in [0.25, 0.3) is 5.91 Å². The van der Waals surface area contributed by atoms with E-state index in [0.29, 0.717) is 12.3 Å². The summed E-state index contributed by atoms with van der Waals surface area (Å²) >= 11 is 5.77. The van der Waals surface area contributed by atoms with Crippen LogP contribution in [-0.4, -0.2) is 48.1 Å². The second-order valence-electron chi connectivity index (χ2n) is 7.45. The second kappa shape index (κ2) is 6.79. The van der Waals surface area contributed by atoms with Gasteiger partial charge in [0, 0.05) is 18.7 Å². The summed E-state index contributed by atoms with van der Waals surface area (Å²) in [5.41, 5.74) is 1.08. The molecule has 3 aliphatic heterocycles. The topological polar surface area (TPSA) is 53.1 Å². The van der Waals surface area contributed by atoms with Gasteiger partial charge in [-0.1, -0.05) is 29.8 Å². The number of nitrogens with zero attached hydrogens (tertiary/aromatic N) is 3. The van der Waals surface area contributed by atoms with Gasteiger partial charge in [-0.2, -0.15) is 0 Å². The minimum Gasteiger partial charge on any atom is -0.496 e. The normalized spacial score (nSPS) is 26.9. The molecule has 6 nitrogen and oxygen atoms in total. The lowest BCUT2D eigenvalue weighted by molar-refractivity contribution is -0.126. The van der Waals surface area contributed by atoms with Gasteiger partial charge in [-0.15, -0.1) is 0 Å². The van der Waals surface area contributed by atoms with Crippen molar-refractivity contribution in [2.75, 3.05) is 25.1 Å². The van der Waals surface area contributed by atoms with Gasteiger partial charge in [-0.05, 0) is 30.7 Å². The van der Waals surface area contributed by atoms with Crippen molar-refractivity contribution in [2.45, 2.75) is 18.5 Å². The fourth-order valence-corrected chi connectivity index (χ4v) is 4.99. The molecule has 0 radical (unpaired) electrons. The van der Waals surface area contributed by atoms with E-state index in [1.807, 2.05) is 29.3 Å². The van der Waals surface area contributed by atoms with Crippen LogP contribution >= 0.6 is 11.6 Å². The summed E-state index contributed by atoms with van der Waals surface area (Å²) < 4.78 is 19.6. The molecule has 0 unspecified atom stereocenters. The molecule has 8 heteroatoms. The average Bonchev–Trinajstić information content (AvgIpc) is 3.36. The van der Waals surface area contributed by atoms with Gasteiger partial charge in [0.05, 0.1) is 29.8 Å². The Morgan fingerprint density at radius 1 is 1.03 bits per heavy atom. The first-order chi connectivity index (χ1) is 14.0. The molecular formula is C21H19ClFN3O3. The minimum absolute atomic E-state index is 0.0503. The van der Waals surface area contributed by atoms with Crippen LogP contribution in [0.2, 0.25) is 5.02 Å². The molecule has 3 heterocycles. The highest BCUT2D eigenvalue weighted by Crippen LogP contribution is 2.50. The fraction of sp³-hybridized carbons (Fsp3) is 0.333. The highest BCUT2D eigenvalue weighted by molar-refractivity contribution is 6.31. The summed E-state index contributed by atoms with van der Waals surface area (Å²) in [4.78, 5) is 27.9. The van der Waals surface area contributed by atoms with E-state index in [0.717, 1.165) is 29.5 Å². The summed E-state index contributed by atoms with van der Waals surface area (Å²) in [7, 11) is 1.59. The van der Waals surface area contributed by atoms with Crippen molar-refractivity contribution < 1.29 is 18.7 Å². The van der Waals surface area contributed by atoms with E-state index in [1.54, 1.807) is 7.11 Å². The van der Waals surface area contributed by atoms with Gasteiger partial charge in [-0.25, -0.2) is 19.3 Å². The Morgan fingerprint density at radius 2 is 1.76 bits per heavy atom. The lowest BCUT2D eigenvalue weighted by Gasteiger charge is -2.30. The molecule has 150 valence electrons. The summed E-state index contributed by atoms with van der Waals surface area (Å²) in [5, 5.41) is 4.06. The van der Waals surface area contributed by atoms with E-state index < -0.39 is 17.8 Å². The Hall–Kier alpha value is -2.48. The van der Waals surface area contributed by atoms with Crippen LogP contribution in [-0.2, 0) is 9.59 Å². The predicted octanol–water partition coefficient (Wildman–Crippen LogP) is 3.02. The number of hydrogen-bond donors (Lipinski definition) is 0. The lowest BCUT2D eigenvalue weighted by atomic mass is 9.89. The van der Waals surface area contributed by atoms with E-state index in [-0.39, 0.29) is 28.6 Å². The van der Waals surface area contributed by atoms with Crippen LogP contribution in [0.3, 0.4) is 0 Å². The molecule has 2 aromatic carbocycles. The third kappa shape index (κ3) is 2.61. The van der Waals surface area contributed by atoms with Crippen LogP contribution in [0.15, 0.2) is 42.5 Å². The zero-order valence-electron chi connectivity index (χ0n) is 15.7. The molecule has 0 aromatic heterocycles. The minimum atomic E-state index is -0.661. The van der Waals surface area contributed by atoms with Crippen molar-refractivity contribution in [1.29, 1.82) is 0 Å². The van der Waals surface area contributed by atoms with Crippen LogP contribution in [0, 0.1) is 11.7 Å². The molecule has 2 amide bonds. The maximum atomic E-state index is 14.0. The number of halogens is 2. The van der Waals surface area contributed by atoms with Gasteiger partial charge in [-0.3, -0.25) is 9.59 Å². The summed E-state index contributed by atoms with van der Waals surface area (Å²) in [6.07, 6.45) is 0.909. The number of hydrogen-bond acceptors (Lipinski definition) is 5. The molecule has 0 N–H and O–H groups in total. The molecule has 0 saturated carbocycles. The largest absolute Gasteiger partial charge is 0.496 e. The van der Waals surface area contributed by atoms with Crippen LogP contribution < -0.4 is 9.64 Å². The number of para-hydroxylation sites is 1. The number of amides is 2. The zero-order chi connectivity index (χ0) is 20.3. The van der Waals surface area contributed by atoms with Crippen LogP contribution in [0.4, 0.5) is 10.1 Å². The maximum Gasteiger partial charge on any atom is 0.253 e. The molecule has 2 aromatic rings. The van der Waals surface area contributed by atoms with E-state index in [9.17, 15) is 14.0 Å². The van der Waals surface area contributed by atoms with Crippen molar-refractivity contribution in [2.24, 2.45) is 5.92 Å². The third-order valence-corrected chi connectivity index (χ3v) is 6.33. The number of hydrazine groups is 1. The predicted molar refractivity (Wildman–Crippen MR) is 105 cm³/mol. The molecule has 0 spiro atoms. The standard InChI is InChI=1S/C21H19ClFN3O3/c1-29-16-6-3-2-5-13(16)18-17-19(25-10-4-9-24(18)25)21(28)26(20(17)27)12-7-8-14(22)15(23)11-12/h2-3,5-8,11,17-19H,4,9-10H2,1H3/t17-,18-,19-/m0/s1. The Morgan fingerprint density at radius 3 is 2.48 bits per heavy atom. The van der Waals surface area contributed by atoms with E-state index in [4.69, 9.17) is 16.3 Å². The van der Waals surface area contributed by atoms with Crippen LogP contribution in [0.5, 0.6) is 5.75 Å². The monoisotopic (exact) mass is 415 g/mol. The first-order valence-electron chi connectivity index (χ1n) is 9.52. The first kappa shape index (κ1) is 18.5. The average molecular weight is 416 g/mol. The van der Waals surface area contributed by atoms with Gasteiger partial charge < -0.3 is 4.74 Å². The Bertz CT molecular complexity index is 1020. The highest BCUT2D eigenvalue weighted by atomic mass is 35.5. The Kier molecular flexibility index (Phi) is 4.34. The van der Waals surface area contributed by atoms with Crippen LogP contribution in [0.25, 0.3) is 0 Å².